The van der Waals surface area contributed by atoms with E-state index in [4.69, 9.17) is 4.42 Å². The van der Waals surface area contributed by atoms with Gasteiger partial charge in [0.2, 0.25) is 5.89 Å². The lowest BCUT2D eigenvalue weighted by molar-refractivity contribution is 0.0643. The molecule has 0 radical (unpaired) electrons. The van der Waals surface area contributed by atoms with Crippen LogP contribution in [0.5, 0.6) is 0 Å². The van der Waals surface area contributed by atoms with Crippen LogP contribution in [0.25, 0.3) is 0 Å². The Balaban J connectivity index is 1.71. The van der Waals surface area contributed by atoms with Crippen LogP contribution < -0.4 is 5.32 Å². The third kappa shape index (κ3) is 2.70. The van der Waals surface area contributed by atoms with E-state index in [0.717, 1.165) is 31.3 Å². The van der Waals surface area contributed by atoms with Crippen LogP contribution in [0.1, 0.15) is 50.7 Å². The van der Waals surface area contributed by atoms with Crippen molar-refractivity contribution >= 4 is 0 Å². The van der Waals surface area contributed by atoms with E-state index in [1.54, 1.807) is 0 Å². The maximum atomic E-state index is 5.66. The Hall–Kier alpha value is -0.870. The van der Waals surface area contributed by atoms with Crippen molar-refractivity contribution in [1.29, 1.82) is 0 Å². The van der Waals surface area contributed by atoms with Crippen LogP contribution in [0.4, 0.5) is 0 Å². The number of nitrogens with one attached hydrogen (secondary N) is 1. The first-order chi connectivity index (χ1) is 9.21. The van der Waals surface area contributed by atoms with E-state index in [1.165, 1.54) is 32.1 Å². The summed E-state index contributed by atoms with van der Waals surface area (Å²) in [5.74, 6) is 1.78. The highest BCUT2D eigenvalue weighted by Crippen LogP contribution is 2.34. The molecule has 1 saturated carbocycles. The lowest BCUT2D eigenvalue weighted by Crippen LogP contribution is -2.62. The van der Waals surface area contributed by atoms with Crippen LogP contribution in [0.2, 0.25) is 0 Å². The molecule has 1 aliphatic carbocycles. The second kappa shape index (κ2) is 5.25. The van der Waals surface area contributed by atoms with Gasteiger partial charge in [-0.3, -0.25) is 4.90 Å². The normalized spacial score (nSPS) is 27.2. The summed E-state index contributed by atoms with van der Waals surface area (Å²) in [5.41, 5.74) is 0.368. The third-order valence-corrected chi connectivity index (χ3v) is 4.77. The van der Waals surface area contributed by atoms with E-state index in [0.29, 0.717) is 11.6 Å². The molecule has 1 saturated heterocycles. The zero-order chi connectivity index (χ0) is 13.3. The van der Waals surface area contributed by atoms with Crippen molar-refractivity contribution in [2.24, 2.45) is 0 Å². The number of oxazole rings is 1. The Morgan fingerprint density at radius 2 is 2.26 bits per heavy atom. The SMILES string of the molecule is CCC1CNC2(CCCC2)CN1Cc1ncc(C)o1. The Bertz CT molecular complexity index is 423. The summed E-state index contributed by atoms with van der Waals surface area (Å²) < 4.78 is 5.66. The summed E-state index contributed by atoms with van der Waals surface area (Å²) >= 11 is 0. The van der Waals surface area contributed by atoms with Gasteiger partial charge in [0.25, 0.3) is 0 Å². The third-order valence-electron chi connectivity index (χ3n) is 4.77. The maximum absolute atomic E-state index is 5.66. The van der Waals surface area contributed by atoms with Crippen molar-refractivity contribution in [1.82, 2.24) is 15.2 Å². The molecule has 106 valence electrons. The van der Waals surface area contributed by atoms with E-state index in [2.05, 4.69) is 22.1 Å². The Labute approximate surface area is 115 Å². The van der Waals surface area contributed by atoms with Crippen molar-refractivity contribution in [3.63, 3.8) is 0 Å². The second-order valence-electron chi connectivity index (χ2n) is 6.20. The number of hydrogen-bond acceptors (Lipinski definition) is 4. The van der Waals surface area contributed by atoms with Crippen LogP contribution in [0, 0.1) is 6.92 Å². The molecule has 19 heavy (non-hydrogen) atoms. The van der Waals surface area contributed by atoms with Crippen molar-refractivity contribution in [2.75, 3.05) is 13.1 Å². The lowest BCUT2D eigenvalue weighted by Gasteiger charge is -2.45. The number of aromatic nitrogens is 1. The van der Waals surface area contributed by atoms with Gasteiger partial charge in [0.1, 0.15) is 5.76 Å². The fraction of sp³-hybridized carbons (Fsp3) is 0.800. The molecule has 2 heterocycles. The fourth-order valence-corrected chi connectivity index (χ4v) is 3.66. The van der Waals surface area contributed by atoms with Crippen molar-refractivity contribution in [2.45, 2.75) is 64.1 Å². The van der Waals surface area contributed by atoms with E-state index >= 15 is 0 Å². The van der Waals surface area contributed by atoms with Crippen LogP contribution in [-0.2, 0) is 6.54 Å². The molecule has 0 amide bonds. The summed E-state index contributed by atoms with van der Waals surface area (Å²) in [6.45, 7) is 7.34. The Morgan fingerprint density at radius 1 is 1.47 bits per heavy atom. The van der Waals surface area contributed by atoms with Gasteiger partial charge < -0.3 is 9.73 Å². The number of hydrogen-bond donors (Lipinski definition) is 1. The predicted octanol–water partition coefficient (Wildman–Crippen LogP) is 2.48. The summed E-state index contributed by atoms with van der Waals surface area (Å²) in [4.78, 5) is 6.94. The van der Waals surface area contributed by atoms with E-state index in [1.807, 2.05) is 13.1 Å². The summed E-state index contributed by atoms with van der Waals surface area (Å²) in [6.07, 6.45) is 8.40. The average molecular weight is 263 g/mol. The van der Waals surface area contributed by atoms with Gasteiger partial charge in [-0.1, -0.05) is 19.8 Å². The summed E-state index contributed by atoms with van der Waals surface area (Å²) in [7, 11) is 0. The lowest BCUT2D eigenvalue weighted by atomic mass is 9.91. The van der Waals surface area contributed by atoms with Gasteiger partial charge in [-0.05, 0) is 26.2 Å². The number of aryl methyl sites for hydroxylation is 1. The molecule has 1 aromatic heterocycles. The van der Waals surface area contributed by atoms with Crippen molar-refractivity contribution in [3.05, 3.63) is 17.8 Å². The van der Waals surface area contributed by atoms with Gasteiger partial charge in [-0.2, -0.15) is 0 Å². The average Bonchev–Trinajstić information content (AvgIpc) is 3.00. The molecule has 1 atom stereocenters. The minimum atomic E-state index is 0.368. The molecule has 2 aliphatic rings. The highest BCUT2D eigenvalue weighted by atomic mass is 16.4. The smallest absolute Gasteiger partial charge is 0.208 e. The fourth-order valence-electron chi connectivity index (χ4n) is 3.66. The highest BCUT2D eigenvalue weighted by Gasteiger charge is 2.40. The monoisotopic (exact) mass is 263 g/mol. The van der Waals surface area contributed by atoms with E-state index < -0.39 is 0 Å². The molecule has 1 aromatic rings. The van der Waals surface area contributed by atoms with Crippen LogP contribution in [-0.4, -0.2) is 34.6 Å². The molecule has 0 bridgehead atoms. The zero-order valence-electron chi connectivity index (χ0n) is 12.1. The number of piperazine rings is 1. The molecule has 4 heteroatoms. The molecule has 1 spiro atoms. The standard InChI is InChI=1S/C15H25N3O/c1-3-13-9-17-15(6-4-5-7-15)11-18(13)10-14-16-8-12(2)19-14/h8,13,17H,3-7,9-11H2,1-2H3. The summed E-state index contributed by atoms with van der Waals surface area (Å²) in [6, 6.07) is 0.610. The largest absolute Gasteiger partial charge is 0.445 e. The predicted molar refractivity (Wildman–Crippen MR) is 74.9 cm³/mol. The molecular formula is C15H25N3O. The number of rotatable bonds is 3. The Morgan fingerprint density at radius 3 is 2.89 bits per heavy atom. The minimum absolute atomic E-state index is 0.368. The van der Waals surface area contributed by atoms with Crippen LogP contribution in [0.15, 0.2) is 10.6 Å². The molecule has 0 aromatic carbocycles. The summed E-state index contributed by atoms with van der Waals surface area (Å²) in [5, 5.41) is 3.82. The van der Waals surface area contributed by atoms with Crippen molar-refractivity contribution in [3.8, 4) is 0 Å². The zero-order valence-corrected chi connectivity index (χ0v) is 12.1. The Kier molecular flexibility index (Phi) is 3.63. The molecule has 1 aliphatic heterocycles. The van der Waals surface area contributed by atoms with Gasteiger partial charge in [-0.15, -0.1) is 0 Å². The van der Waals surface area contributed by atoms with Gasteiger partial charge in [0.15, 0.2) is 0 Å². The van der Waals surface area contributed by atoms with Crippen molar-refractivity contribution < 1.29 is 4.42 Å². The van der Waals surface area contributed by atoms with Gasteiger partial charge in [0.05, 0.1) is 12.7 Å². The van der Waals surface area contributed by atoms with Crippen LogP contribution >= 0.6 is 0 Å². The van der Waals surface area contributed by atoms with Gasteiger partial charge in [0, 0.05) is 24.7 Å². The topological polar surface area (TPSA) is 41.3 Å². The molecule has 4 nitrogen and oxygen atoms in total. The van der Waals surface area contributed by atoms with Gasteiger partial charge >= 0.3 is 0 Å². The quantitative estimate of drug-likeness (QED) is 0.909. The first kappa shape index (κ1) is 13.1. The second-order valence-corrected chi connectivity index (χ2v) is 6.20. The van der Waals surface area contributed by atoms with E-state index in [9.17, 15) is 0 Å². The first-order valence-corrected chi connectivity index (χ1v) is 7.61. The highest BCUT2D eigenvalue weighted by molar-refractivity contribution is 5.02. The van der Waals surface area contributed by atoms with E-state index in [-0.39, 0.29) is 0 Å². The molecular weight excluding hydrogens is 238 g/mol. The maximum Gasteiger partial charge on any atom is 0.208 e. The molecule has 1 unspecified atom stereocenters. The van der Waals surface area contributed by atoms with Gasteiger partial charge in [-0.25, -0.2) is 4.98 Å². The molecule has 2 fully saturated rings. The first-order valence-electron chi connectivity index (χ1n) is 7.61. The number of nitrogens with zero attached hydrogens (tertiary/aromatic N) is 2. The molecule has 3 rings (SSSR count). The minimum Gasteiger partial charge on any atom is -0.445 e. The molecule has 1 N–H and O–H groups in total. The van der Waals surface area contributed by atoms with Crippen LogP contribution in [0.3, 0.4) is 0 Å².